The smallest absolute Gasteiger partial charge is 0.0454 e. The second-order valence-electron chi connectivity index (χ2n) is 4.44. The average Bonchev–Trinajstić information content (AvgIpc) is 2.19. The molecule has 1 aromatic rings. The molecular formula is C12H17ClN2. The fourth-order valence-corrected chi connectivity index (χ4v) is 2.34. The maximum absolute atomic E-state index is 6.20. The third-order valence-electron chi connectivity index (χ3n) is 3.08. The normalized spacial score (nSPS) is 21.8. The summed E-state index contributed by atoms with van der Waals surface area (Å²) < 4.78 is 0. The third-order valence-corrected chi connectivity index (χ3v) is 3.43. The highest BCUT2D eigenvalue weighted by Crippen LogP contribution is 2.30. The molecule has 0 fully saturated rings. The summed E-state index contributed by atoms with van der Waals surface area (Å²) in [4.78, 5) is 2.36. The van der Waals surface area contributed by atoms with E-state index in [1.165, 1.54) is 11.1 Å². The predicted molar refractivity (Wildman–Crippen MR) is 63.9 cm³/mol. The first kappa shape index (κ1) is 10.9. The minimum absolute atomic E-state index is 0.0925. The van der Waals surface area contributed by atoms with Crippen molar-refractivity contribution >= 4 is 11.6 Å². The lowest BCUT2D eigenvalue weighted by Gasteiger charge is -2.35. The summed E-state index contributed by atoms with van der Waals surface area (Å²) in [5.74, 6) is 0. The molecule has 0 aromatic heterocycles. The summed E-state index contributed by atoms with van der Waals surface area (Å²) in [5.41, 5.74) is 8.55. The standard InChI is InChI=1S/C12H17ClN2/c1-8(2)15-6-10-9(12(14)7-15)4-3-5-11(10)13/h3-5,8,12H,6-7,14H2,1-2H3. The molecule has 1 atom stereocenters. The van der Waals surface area contributed by atoms with Gasteiger partial charge in [0.25, 0.3) is 0 Å². The largest absolute Gasteiger partial charge is 0.323 e. The monoisotopic (exact) mass is 224 g/mol. The number of nitrogens with two attached hydrogens (primary N) is 1. The summed E-state index contributed by atoms with van der Waals surface area (Å²) in [7, 11) is 0. The van der Waals surface area contributed by atoms with Gasteiger partial charge in [-0.05, 0) is 31.0 Å². The van der Waals surface area contributed by atoms with Crippen LogP contribution in [0.3, 0.4) is 0 Å². The number of halogens is 1. The number of rotatable bonds is 1. The van der Waals surface area contributed by atoms with E-state index in [-0.39, 0.29) is 6.04 Å². The van der Waals surface area contributed by atoms with Crippen LogP contribution in [-0.2, 0) is 6.54 Å². The van der Waals surface area contributed by atoms with E-state index in [0.717, 1.165) is 18.1 Å². The van der Waals surface area contributed by atoms with Crippen molar-refractivity contribution < 1.29 is 0 Å². The fraction of sp³-hybridized carbons (Fsp3) is 0.500. The number of benzene rings is 1. The molecule has 0 spiro atoms. The van der Waals surface area contributed by atoms with Crippen molar-refractivity contribution in [3.8, 4) is 0 Å². The lowest BCUT2D eigenvalue weighted by atomic mass is 9.95. The quantitative estimate of drug-likeness (QED) is 0.795. The van der Waals surface area contributed by atoms with Crippen LogP contribution in [0.4, 0.5) is 0 Å². The van der Waals surface area contributed by atoms with Crippen LogP contribution in [0.25, 0.3) is 0 Å². The van der Waals surface area contributed by atoms with Crippen molar-refractivity contribution in [3.05, 3.63) is 34.3 Å². The predicted octanol–water partition coefficient (Wildman–Crippen LogP) is 2.56. The lowest BCUT2D eigenvalue weighted by molar-refractivity contribution is 0.185. The molecular weight excluding hydrogens is 208 g/mol. The van der Waals surface area contributed by atoms with Crippen LogP contribution in [0.1, 0.15) is 31.0 Å². The number of hydrogen-bond acceptors (Lipinski definition) is 2. The van der Waals surface area contributed by atoms with Gasteiger partial charge in [0.05, 0.1) is 0 Å². The zero-order valence-electron chi connectivity index (χ0n) is 9.20. The van der Waals surface area contributed by atoms with Gasteiger partial charge >= 0.3 is 0 Å². The molecule has 1 unspecified atom stereocenters. The van der Waals surface area contributed by atoms with Gasteiger partial charge in [-0.1, -0.05) is 23.7 Å². The lowest BCUT2D eigenvalue weighted by Crippen LogP contribution is -2.41. The Hall–Kier alpha value is -0.570. The SMILES string of the molecule is CC(C)N1Cc2c(Cl)cccc2C(N)C1. The van der Waals surface area contributed by atoms with Crippen molar-refractivity contribution in [1.29, 1.82) is 0 Å². The summed E-state index contributed by atoms with van der Waals surface area (Å²) in [5, 5.41) is 0.841. The molecule has 0 aliphatic carbocycles. The second-order valence-corrected chi connectivity index (χ2v) is 4.84. The van der Waals surface area contributed by atoms with Crippen LogP contribution in [0, 0.1) is 0 Å². The van der Waals surface area contributed by atoms with Gasteiger partial charge < -0.3 is 5.73 Å². The molecule has 1 aliphatic heterocycles. The number of fused-ring (bicyclic) bond motifs is 1. The number of nitrogens with zero attached hydrogens (tertiary/aromatic N) is 1. The zero-order chi connectivity index (χ0) is 11.0. The average molecular weight is 225 g/mol. The number of hydrogen-bond donors (Lipinski definition) is 1. The Labute approximate surface area is 96.0 Å². The van der Waals surface area contributed by atoms with Crippen molar-refractivity contribution in [2.75, 3.05) is 6.54 Å². The summed E-state index contributed by atoms with van der Waals surface area (Å²) in [6.45, 7) is 6.22. The van der Waals surface area contributed by atoms with Gasteiger partial charge in [-0.25, -0.2) is 0 Å². The van der Waals surface area contributed by atoms with Gasteiger partial charge in [-0.15, -0.1) is 0 Å². The van der Waals surface area contributed by atoms with Crippen LogP contribution < -0.4 is 5.73 Å². The molecule has 1 aromatic carbocycles. The van der Waals surface area contributed by atoms with Gasteiger partial charge in [-0.3, -0.25) is 4.90 Å². The maximum Gasteiger partial charge on any atom is 0.0454 e. The molecule has 0 saturated carbocycles. The van der Waals surface area contributed by atoms with Crippen LogP contribution >= 0.6 is 11.6 Å². The van der Waals surface area contributed by atoms with Gasteiger partial charge in [0.15, 0.2) is 0 Å². The third kappa shape index (κ3) is 2.03. The van der Waals surface area contributed by atoms with Crippen molar-refractivity contribution in [2.24, 2.45) is 5.73 Å². The first-order valence-electron chi connectivity index (χ1n) is 5.36. The van der Waals surface area contributed by atoms with E-state index in [2.05, 4.69) is 24.8 Å². The van der Waals surface area contributed by atoms with E-state index in [4.69, 9.17) is 17.3 Å². The van der Waals surface area contributed by atoms with Crippen molar-refractivity contribution in [2.45, 2.75) is 32.5 Å². The summed E-state index contributed by atoms with van der Waals surface area (Å²) in [6, 6.07) is 6.61. The highest BCUT2D eigenvalue weighted by atomic mass is 35.5. The van der Waals surface area contributed by atoms with E-state index in [9.17, 15) is 0 Å². The van der Waals surface area contributed by atoms with E-state index < -0.39 is 0 Å². The van der Waals surface area contributed by atoms with Crippen LogP contribution in [0.5, 0.6) is 0 Å². The van der Waals surface area contributed by atoms with Crippen molar-refractivity contribution in [1.82, 2.24) is 4.90 Å². The first-order valence-corrected chi connectivity index (χ1v) is 5.74. The Bertz CT molecular complexity index is 363. The minimum atomic E-state index is 0.0925. The highest BCUT2D eigenvalue weighted by molar-refractivity contribution is 6.31. The van der Waals surface area contributed by atoms with E-state index >= 15 is 0 Å². The molecule has 1 heterocycles. The molecule has 2 nitrogen and oxygen atoms in total. The molecule has 2 N–H and O–H groups in total. The van der Waals surface area contributed by atoms with Gasteiger partial charge in [0.2, 0.25) is 0 Å². The molecule has 0 radical (unpaired) electrons. The molecule has 3 heteroatoms. The molecule has 0 amide bonds. The first-order chi connectivity index (χ1) is 7.09. The maximum atomic E-state index is 6.20. The Balaban J connectivity index is 2.37. The molecule has 2 rings (SSSR count). The Morgan fingerprint density at radius 3 is 2.87 bits per heavy atom. The second kappa shape index (κ2) is 4.12. The van der Waals surface area contributed by atoms with E-state index in [0.29, 0.717) is 6.04 Å². The van der Waals surface area contributed by atoms with E-state index in [1.54, 1.807) is 0 Å². The fourth-order valence-electron chi connectivity index (χ4n) is 2.10. The van der Waals surface area contributed by atoms with E-state index in [1.807, 2.05) is 12.1 Å². The van der Waals surface area contributed by atoms with Gasteiger partial charge in [-0.2, -0.15) is 0 Å². The summed E-state index contributed by atoms with van der Waals surface area (Å²) >= 11 is 6.20. The topological polar surface area (TPSA) is 29.3 Å². The van der Waals surface area contributed by atoms with Crippen LogP contribution in [0.15, 0.2) is 18.2 Å². The minimum Gasteiger partial charge on any atom is -0.323 e. The molecule has 1 aliphatic rings. The Kier molecular flexibility index (Phi) is 3.01. The van der Waals surface area contributed by atoms with Crippen LogP contribution in [0.2, 0.25) is 5.02 Å². The zero-order valence-corrected chi connectivity index (χ0v) is 9.96. The van der Waals surface area contributed by atoms with Crippen molar-refractivity contribution in [3.63, 3.8) is 0 Å². The molecule has 0 bridgehead atoms. The van der Waals surface area contributed by atoms with Crippen LogP contribution in [-0.4, -0.2) is 17.5 Å². The van der Waals surface area contributed by atoms with Gasteiger partial charge in [0, 0.05) is 30.2 Å². The molecule has 82 valence electrons. The molecule has 0 saturated heterocycles. The Morgan fingerprint density at radius 1 is 1.47 bits per heavy atom. The highest BCUT2D eigenvalue weighted by Gasteiger charge is 2.25. The summed E-state index contributed by atoms with van der Waals surface area (Å²) in [6.07, 6.45) is 0. The Morgan fingerprint density at radius 2 is 2.20 bits per heavy atom. The molecule has 15 heavy (non-hydrogen) atoms. The van der Waals surface area contributed by atoms with Gasteiger partial charge in [0.1, 0.15) is 0 Å².